The van der Waals surface area contributed by atoms with Crippen LogP contribution in [0.25, 0.3) is 0 Å². The first-order valence-electron chi connectivity index (χ1n) is 4.33. The Hall–Kier alpha value is -0.920. The van der Waals surface area contributed by atoms with Crippen LogP contribution in [0.1, 0.15) is 25.7 Å². The number of rotatable bonds is 2. The maximum atomic E-state index is 5.25. The molecule has 0 radical (unpaired) electrons. The van der Waals surface area contributed by atoms with Gasteiger partial charge in [-0.2, -0.15) is 0 Å². The first-order chi connectivity index (χ1) is 5.88. The lowest BCUT2D eigenvalue weighted by Gasteiger charge is -2.13. The van der Waals surface area contributed by atoms with Crippen LogP contribution in [0.5, 0.6) is 0 Å². The Morgan fingerprint density at radius 3 is 1.67 bits per heavy atom. The zero-order valence-corrected chi connectivity index (χ0v) is 7.80. The van der Waals surface area contributed by atoms with Gasteiger partial charge in [-0.15, -0.1) is 0 Å². The average molecular weight is 168 g/mol. The molecule has 12 heavy (non-hydrogen) atoms. The van der Waals surface area contributed by atoms with E-state index in [1.165, 1.54) is 0 Å². The summed E-state index contributed by atoms with van der Waals surface area (Å²) in [7, 11) is 3.42. The number of hydrogen-bond donors (Lipinski definition) is 0. The van der Waals surface area contributed by atoms with E-state index < -0.39 is 0 Å². The Bertz CT molecular complexity index is 172. The number of hydrogen-bond acceptors (Lipinski definition) is 2. The monoisotopic (exact) mass is 168 g/mol. The van der Waals surface area contributed by atoms with E-state index in [9.17, 15) is 0 Å². The van der Waals surface area contributed by atoms with Gasteiger partial charge in [0.2, 0.25) is 0 Å². The van der Waals surface area contributed by atoms with Gasteiger partial charge in [-0.05, 0) is 12.8 Å². The van der Waals surface area contributed by atoms with Gasteiger partial charge in [-0.3, -0.25) is 0 Å². The molecular formula is C10H16O2. The Morgan fingerprint density at radius 1 is 0.917 bits per heavy atom. The molecule has 0 bridgehead atoms. The summed E-state index contributed by atoms with van der Waals surface area (Å²) in [5, 5.41) is 0. The van der Waals surface area contributed by atoms with E-state index in [-0.39, 0.29) is 0 Å². The molecule has 0 unspecified atom stereocenters. The Balaban J connectivity index is 2.67. The molecule has 0 spiro atoms. The maximum Gasteiger partial charge on any atom is 0.133 e. The molecule has 0 aromatic carbocycles. The third-order valence-electron chi connectivity index (χ3n) is 2.05. The largest absolute Gasteiger partial charge is 0.498 e. The van der Waals surface area contributed by atoms with E-state index in [0.29, 0.717) is 0 Å². The van der Waals surface area contributed by atoms with Crippen LogP contribution in [0.15, 0.2) is 23.7 Å². The van der Waals surface area contributed by atoms with Gasteiger partial charge in [0.25, 0.3) is 0 Å². The second-order valence-electron chi connectivity index (χ2n) is 2.80. The average Bonchev–Trinajstić information content (AvgIpc) is 2.05. The molecule has 0 aromatic rings. The standard InChI is InChI=1S/C10H16O2/c1-11-9-7-5-3-4-6-8-10(9)12-2/h3-4H,5-8H2,1-2H3. The second kappa shape index (κ2) is 4.86. The fourth-order valence-corrected chi connectivity index (χ4v) is 1.38. The third kappa shape index (κ3) is 2.29. The number of allylic oxidation sites excluding steroid dienone is 4. The van der Waals surface area contributed by atoms with Crippen molar-refractivity contribution in [1.82, 2.24) is 0 Å². The molecule has 0 fully saturated rings. The summed E-state index contributed by atoms with van der Waals surface area (Å²) < 4.78 is 10.5. The minimum absolute atomic E-state index is 0.955. The summed E-state index contributed by atoms with van der Waals surface area (Å²) in [4.78, 5) is 0. The predicted molar refractivity (Wildman–Crippen MR) is 48.7 cm³/mol. The minimum atomic E-state index is 0.955. The maximum absolute atomic E-state index is 5.25. The van der Waals surface area contributed by atoms with Crippen molar-refractivity contribution in [2.45, 2.75) is 25.7 Å². The predicted octanol–water partition coefficient (Wildman–Crippen LogP) is 2.62. The van der Waals surface area contributed by atoms with Gasteiger partial charge in [-0.1, -0.05) is 12.2 Å². The molecule has 0 atom stereocenters. The van der Waals surface area contributed by atoms with E-state index in [1.807, 2.05) is 0 Å². The summed E-state index contributed by atoms with van der Waals surface area (Å²) in [5.41, 5.74) is 0. The first kappa shape index (κ1) is 9.17. The molecule has 0 saturated heterocycles. The van der Waals surface area contributed by atoms with Crippen molar-refractivity contribution < 1.29 is 9.47 Å². The summed E-state index contributed by atoms with van der Waals surface area (Å²) in [6, 6.07) is 0. The molecule has 0 aromatic heterocycles. The molecule has 0 aliphatic heterocycles. The van der Waals surface area contributed by atoms with E-state index in [0.717, 1.165) is 37.2 Å². The van der Waals surface area contributed by atoms with Crippen molar-refractivity contribution in [3.8, 4) is 0 Å². The normalized spacial score (nSPS) is 18.5. The minimum Gasteiger partial charge on any atom is -0.498 e. The molecule has 2 heteroatoms. The molecule has 1 aliphatic carbocycles. The van der Waals surface area contributed by atoms with Crippen LogP contribution in [0, 0.1) is 0 Å². The van der Waals surface area contributed by atoms with E-state index in [2.05, 4.69) is 12.2 Å². The third-order valence-corrected chi connectivity index (χ3v) is 2.05. The van der Waals surface area contributed by atoms with Crippen LogP contribution in [0.3, 0.4) is 0 Å². The molecule has 1 rings (SSSR count). The van der Waals surface area contributed by atoms with Crippen molar-refractivity contribution >= 4 is 0 Å². The fraction of sp³-hybridized carbons (Fsp3) is 0.600. The van der Waals surface area contributed by atoms with Crippen molar-refractivity contribution in [2.24, 2.45) is 0 Å². The highest BCUT2D eigenvalue weighted by Gasteiger charge is 2.08. The summed E-state index contributed by atoms with van der Waals surface area (Å²) in [6.45, 7) is 0. The van der Waals surface area contributed by atoms with Crippen LogP contribution in [0.2, 0.25) is 0 Å². The quantitative estimate of drug-likeness (QED) is 0.590. The topological polar surface area (TPSA) is 18.5 Å². The molecule has 0 amide bonds. The number of methoxy groups -OCH3 is 2. The highest BCUT2D eigenvalue weighted by molar-refractivity contribution is 5.06. The molecule has 2 nitrogen and oxygen atoms in total. The van der Waals surface area contributed by atoms with Crippen molar-refractivity contribution in [2.75, 3.05) is 14.2 Å². The van der Waals surface area contributed by atoms with E-state index in [1.54, 1.807) is 14.2 Å². The van der Waals surface area contributed by atoms with Gasteiger partial charge >= 0.3 is 0 Å². The molecule has 0 N–H and O–H groups in total. The second-order valence-corrected chi connectivity index (χ2v) is 2.80. The Kier molecular flexibility index (Phi) is 3.71. The van der Waals surface area contributed by atoms with Crippen molar-refractivity contribution in [1.29, 1.82) is 0 Å². The van der Waals surface area contributed by atoms with Crippen LogP contribution in [-0.4, -0.2) is 14.2 Å². The first-order valence-corrected chi connectivity index (χ1v) is 4.33. The highest BCUT2D eigenvalue weighted by atomic mass is 16.5. The lowest BCUT2D eigenvalue weighted by molar-refractivity contribution is 0.203. The highest BCUT2D eigenvalue weighted by Crippen LogP contribution is 2.20. The van der Waals surface area contributed by atoms with Crippen molar-refractivity contribution in [3.63, 3.8) is 0 Å². The molecule has 1 aliphatic rings. The van der Waals surface area contributed by atoms with Crippen LogP contribution >= 0.6 is 0 Å². The van der Waals surface area contributed by atoms with Gasteiger partial charge in [0.05, 0.1) is 14.2 Å². The Morgan fingerprint density at radius 2 is 1.33 bits per heavy atom. The van der Waals surface area contributed by atoms with Gasteiger partial charge < -0.3 is 9.47 Å². The molecular weight excluding hydrogens is 152 g/mol. The lowest BCUT2D eigenvalue weighted by Crippen LogP contribution is -1.99. The number of ether oxygens (including phenoxy) is 2. The fourth-order valence-electron chi connectivity index (χ4n) is 1.38. The van der Waals surface area contributed by atoms with Gasteiger partial charge in [-0.25, -0.2) is 0 Å². The molecule has 0 heterocycles. The van der Waals surface area contributed by atoms with Gasteiger partial charge in [0.1, 0.15) is 11.5 Å². The van der Waals surface area contributed by atoms with Crippen LogP contribution < -0.4 is 0 Å². The SMILES string of the molecule is COC1=C(OC)CCC=CCC1. The molecule has 68 valence electrons. The van der Waals surface area contributed by atoms with E-state index in [4.69, 9.17) is 9.47 Å². The summed E-state index contributed by atoms with van der Waals surface area (Å²) in [5.74, 6) is 2.00. The zero-order valence-electron chi connectivity index (χ0n) is 7.80. The zero-order chi connectivity index (χ0) is 8.81. The Labute approximate surface area is 73.9 Å². The van der Waals surface area contributed by atoms with Gasteiger partial charge in [0, 0.05) is 12.8 Å². The molecule has 0 saturated carbocycles. The van der Waals surface area contributed by atoms with Crippen LogP contribution in [-0.2, 0) is 9.47 Å². The van der Waals surface area contributed by atoms with Crippen LogP contribution in [0.4, 0.5) is 0 Å². The van der Waals surface area contributed by atoms with E-state index >= 15 is 0 Å². The lowest BCUT2D eigenvalue weighted by atomic mass is 10.1. The summed E-state index contributed by atoms with van der Waals surface area (Å²) >= 11 is 0. The smallest absolute Gasteiger partial charge is 0.133 e. The summed E-state index contributed by atoms with van der Waals surface area (Å²) in [6.07, 6.45) is 8.41. The van der Waals surface area contributed by atoms with Crippen molar-refractivity contribution in [3.05, 3.63) is 23.7 Å². The van der Waals surface area contributed by atoms with Gasteiger partial charge in [0.15, 0.2) is 0 Å².